The highest BCUT2D eigenvalue weighted by atomic mass is 16.5. The van der Waals surface area contributed by atoms with E-state index >= 15 is 0 Å². The predicted molar refractivity (Wildman–Crippen MR) is 56.7 cm³/mol. The van der Waals surface area contributed by atoms with E-state index in [1.807, 2.05) is 18.2 Å². The lowest BCUT2D eigenvalue weighted by Gasteiger charge is -2.40. The molecule has 1 saturated heterocycles. The highest BCUT2D eigenvalue weighted by molar-refractivity contribution is 5.73. The van der Waals surface area contributed by atoms with Crippen molar-refractivity contribution in [2.75, 3.05) is 13.2 Å². The number of aromatic nitrogens is 1. The van der Waals surface area contributed by atoms with E-state index in [2.05, 4.69) is 11.1 Å². The van der Waals surface area contributed by atoms with Crippen molar-refractivity contribution >= 4 is 11.1 Å². The van der Waals surface area contributed by atoms with E-state index < -0.39 is 0 Å². The van der Waals surface area contributed by atoms with Crippen molar-refractivity contribution in [3.05, 3.63) is 30.2 Å². The molecule has 1 aliphatic heterocycles. The Balaban J connectivity index is 2.07. The van der Waals surface area contributed by atoms with Crippen molar-refractivity contribution in [1.29, 1.82) is 5.26 Å². The monoisotopic (exact) mass is 214 g/mol. The Kier molecular flexibility index (Phi) is 1.95. The summed E-state index contributed by atoms with van der Waals surface area (Å²) in [5.41, 5.74) is 2.57. The van der Waals surface area contributed by atoms with Crippen molar-refractivity contribution in [2.45, 2.75) is 11.8 Å². The van der Waals surface area contributed by atoms with E-state index in [0.29, 0.717) is 19.6 Å². The lowest BCUT2D eigenvalue weighted by atomic mass is 9.76. The zero-order valence-electron chi connectivity index (χ0n) is 8.64. The third-order valence-corrected chi connectivity index (χ3v) is 3.12. The average Bonchev–Trinajstić information content (AvgIpc) is 2.70. The summed E-state index contributed by atoms with van der Waals surface area (Å²) < 4.78 is 10.5. The fraction of sp³-hybridized carbons (Fsp3) is 0.333. The van der Waals surface area contributed by atoms with Gasteiger partial charge in [0.2, 0.25) is 0 Å². The molecule has 1 fully saturated rings. The Bertz CT molecular complexity index is 564. The number of nitriles is 1. The molecule has 16 heavy (non-hydrogen) atoms. The van der Waals surface area contributed by atoms with Crippen LogP contribution in [0.25, 0.3) is 11.1 Å². The molecule has 2 aromatic rings. The number of hydrogen-bond acceptors (Lipinski definition) is 4. The Hall–Kier alpha value is -1.86. The van der Waals surface area contributed by atoms with Gasteiger partial charge < -0.3 is 9.15 Å². The van der Waals surface area contributed by atoms with Gasteiger partial charge in [-0.25, -0.2) is 4.98 Å². The summed E-state index contributed by atoms with van der Waals surface area (Å²) in [6.45, 7) is 1.22. The zero-order valence-corrected chi connectivity index (χ0v) is 8.64. The molecule has 2 heterocycles. The standard InChI is InChI=1S/C12H10N2O2/c13-4-3-12(6-15-7-12)9-1-2-10-11(5-9)16-8-14-10/h1-2,5,8H,3,6-7H2. The first-order valence-corrected chi connectivity index (χ1v) is 5.12. The first-order valence-electron chi connectivity index (χ1n) is 5.12. The third-order valence-electron chi connectivity index (χ3n) is 3.12. The molecule has 4 heteroatoms. The van der Waals surface area contributed by atoms with Crippen LogP contribution in [0.5, 0.6) is 0 Å². The molecule has 0 atom stereocenters. The molecule has 0 spiro atoms. The maximum Gasteiger partial charge on any atom is 0.181 e. The van der Waals surface area contributed by atoms with Crippen molar-refractivity contribution in [1.82, 2.24) is 4.98 Å². The van der Waals surface area contributed by atoms with Gasteiger partial charge in [-0.2, -0.15) is 5.26 Å². The number of nitrogens with zero attached hydrogens (tertiary/aromatic N) is 2. The molecule has 1 aliphatic rings. The van der Waals surface area contributed by atoms with E-state index in [-0.39, 0.29) is 5.41 Å². The van der Waals surface area contributed by atoms with Gasteiger partial charge in [-0.3, -0.25) is 0 Å². The van der Waals surface area contributed by atoms with Gasteiger partial charge in [-0.15, -0.1) is 0 Å². The molecule has 0 unspecified atom stereocenters. The van der Waals surface area contributed by atoms with Crippen molar-refractivity contribution in [3.8, 4) is 6.07 Å². The summed E-state index contributed by atoms with van der Waals surface area (Å²) in [4.78, 5) is 4.07. The van der Waals surface area contributed by atoms with Crippen molar-refractivity contribution in [2.24, 2.45) is 0 Å². The summed E-state index contributed by atoms with van der Waals surface area (Å²) >= 11 is 0. The van der Waals surface area contributed by atoms with Crippen LogP contribution in [-0.4, -0.2) is 18.2 Å². The molecule has 1 aromatic heterocycles. The first-order chi connectivity index (χ1) is 7.84. The molecule has 0 aliphatic carbocycles. The molecule has 0 saturated carbocycles. The van der Waals surface area contributed by atoms with Crippen LogP contribution in [0.3, 0.4) is 0 Å². The van der Waals surface area contributed by atoms with Crippen LogP contribution in [0.2, 0.25) is 0 Å². The smallest absolute Gasteiger partial charge is 0.181 e. The maximum atomic E-state index is 8.86. The molecule has 3 rings (SSSR count). The lowest BCUT2D eigenvalue weighted by Crippen LogP contribution is -2.46. The number of ether oxygens (including phenoxy) is 1. The van der Waals surface area contributed by atoms with Crippen molar-refractivity contribution in [3.63, 3.8) is 0 Å². The van der Waals surface area contributed by atoms with Gasteiger partial charge in [0.05, 0.1) is 24.7 Å². The number of benzene rings is 1. The van der Waals surface area contributed by atoms with E-state index in [0.717, 1.165) is 16.7 Å². The topological polar surface area (TPSA) is 59.0 Å². The summed E-state index contributed by atoms with van der Waals surface area (Å²) in [6.07, 6.45) is 1.91. The molecule has 0 amide bonds. The summed E-state index contributed by atoms with van der Waals surface area (Å²) in [5.74, 6) is 0. The van der Waals surface area contributed by atoms with Gasteiger partial charge >= 0.3 is 0 Å². The van der Waals surface area contributed by atoms with Gasteiger partial charge in [0.25, 0.3) is 0 Å². The summed E-state index contributed by atoms with van der Waals surface area (Å²) in [7, 11) is 0. The zero-order chi connectivity index (χ0) is 11.0. The van der Waals surface area contributed by atoms with Crippen LogP contribution >= 0.6 is 0 Å². The number of oxazole rings is 1. The minimum Gasteiger partial charge on any atom is -0.443 e. The van der Waals surface area contributed by atoms with E-state index in [9.17, 15) is 0 Å². The molecule has 1 aromatic carbocycles. The van der Waals surface area contributed by atoms with Crippen LogP contribution in [0, 0.1) is 11.3 Å². The normalized spacial score (nSPS) is 17.9. The second-order valence-electron chi connectivity index (χ2n) is 4.14. The molecular formula is C12H10N2O2. The predicted octanol–water partition coefficient (Wildman–Crippen LogP) is 2.01. The van der Waals surface area contributed by atoms with Crippen LogP contribution in [0.15, 0.2) is 29.0 Å². The van der Waals surface area contributed by atoms with Crippen molar-refractivity contribution < 1.29 is 9.15 Å². The second-order valence-corrected chi connectivity index (χ2v) is 4.14. The lowest BCUT2D eigenvalue weighted by molar-refractivity contribution is -0.0576. The second kappa shape index (κ2) is 3.32. The fourth-order valence-corrected chi connectivity index (χ4v) is 2.06. The fourth-order valence-electron chi connectivity index (χ4n) is 2.06. The number of hydrogen-bond donors (Lipinski definition) is 0. The SMILES string of the molecule is N#CCC1(c2ccc3ncoc3c2)COC1. The Labute approximate surface area is 92.5 Å². The largest absolute Gasteiger partial charge is 0.443 e. The molecular weight excluding hydrogens is 204 g/mol. The van der Waals surface area contributed by atoms with Gasteiger partial charge in [0, 0.05) is 6.42 Å². The van der Waals surface area contributed by atoms with Crippen LogP contribution in [0.4, 0.5) is 0 Å². The van der Waals surface area contributed by atoms with Gasteiger partial charge in [0.1, 0.15) is 5.52 Å². The van der Waals surface area contributed by atoms with E-state index in [1.165, 1.54) is 6.39 Å². The van der Waals surface area contributed by atoms with Crippen LogP contribution in [0.1, 0.15) is 12.0 Å². The molecule has 4 nitrogen and oxygen atoms in total. The Morgan fingerprint density at radius 2 is 2.31 bits per heavy atom. The third kappa shape index (κ3) is 1.22. The Morgan fingerprint density at radius 3 is 3.00 bits per heavy atom. The van der Waals surface area contributed by atoms with Gasteiger partial charge in [-0.1, -0.05) is 6.07 Å². The van der Waals surface area contributed by atoms with E-state index in [1.54, 1.807) is 0 Å². The summed E-state index contributed by atoms with van der Waals surface area (Å²) in [5, 5.41) is 8.86. The van der Waals surface area contributed by atoms with E-state index in [4.69, 9.17) is 14.4 Å². The average molecular weight is 214 g/mol. The minimum atomic E-state index is -0.143. The highest BCUT2D eigenvalue weighted by Gasteiger charge is 2.40. The minimum absolute atomic E-state index is 0.143. The molecule has 80 valence electrons. The molecule has 0 N–H and O–H groups in total. The quantitative estimate of drug-likeness (QED) is 0.767. The van der Waals surface area contributed by atoms with Crippen LogP contribution < -0.4 is 0 Å². The highest BCUT2D eigenvalue weighted by Crippen LogP contribution is 2.36. The maximum absolute atomic E-state index is 8.86. The molecule has 0 radical (unpaired) electrons. The summed E-state index contributed by atoms with van der Waals surface area (Å²) in [6, 6.07) is 8.11. The van der Waals surface area contributed by atoms with Crippen LogP contribution in [-0.2, 0) is 10.2 Å². The molecule has 0 bridgehead atoms. The van der Waals surface area contributed by atoms with Gasteiger partial charge in [-0.05, 0) is 17.7 Å². The number of fused-ring (bicyclic) bond motifs is 1. The van der Waals surface area contributed by atoms with Gasteiger partial charge in [0.15, 0.2) is 12.0 Å². The Morgan fingerprint density at radius 1 is 1.44 bits per heavy atom. The first kappa shape index (κ1) is 9.37. The number of rotatable bonds is 2.